The molecule has 0 aliphatic rings. The molecule has 0 radical (unpaired) electrons. The van der Waals surface area contributed by atoms with Crippen molar-refractivity contribution < 1.29 is 9.90 Å². The van der Waals surface area contributed by atoms with Gasteiger partial charge in [0, 0.05) is 15.6 Å². The molecule has 0 aliphatic carbocycles. The first-order chi connectivity index (χ1) is 11.6. The first-order valence-corrected chi connectivity index (χ1v) is 8.64. The van der Waals surface area contributed by atoms with E-state index in [1.807, 2.05) is 36.4 Å². The first-order valence-electron chi connectivity index (χ1n) is 7.05. The highest BCUT2D eigenvalue weighted by Gasteiger charge is 2.09. The number of amides is 1. The first kappa shape index (κ1) is 16.7. The Kier molecular flexibility index (Phi) is 4.97. The number of phenolic OH excluding ortho intramolecular Hbond substituents is 1. The second-order valence-electron chi connectivity index (χ2n) is 5.05. The van der Waals surface area contributed by atoms with Gasteiger partial charge in [-0.05, 0) is 44.9 Å². The molecule has 6 heteroatoms. The Morgan fingerprint density at radius 2 is 1.83 bits per heavy atom. The topological polar surface area (TPSA) is 61.7 Å². The molecule has 4 nitrogen and oxygen atoms in total. The standard InChI is InChI=1S/C18H12Br2N2O2/c19-13-8-12(17(23)16(20)9-13)10-21-22-18(24)15-7-3-5-11-4-1-2-6-14(11)15/h1-10,23H,(H,22,24). The maximum absolute atomic E-state index is 12.4. The average Bonchev–Trinajstić information content (AvgIpc) is 2.58. The molecule has 0 heterocycles. The van der Waals surface area contributed by atoms with Crippen molar-refractivity contribution in [3.8, 4) is 5.75 Å². The number of halogens is 2. The molecule has 0 saturated carbocycles. The van der Waals surface area contributed by atoms with Crippen LogP contribution in [0.3, 0.4) is 0 Å². The highest BCUT2D eigenvalue weighted by molar-refractivity contribution is 9.11. The van der Waals surface area contributed by atoms with Crippen molar-refractivity contribution in [2.24, 2.45) is 5.10 Å². The van der Waals surface area contributed by atoms with Gasteiger partial charge in [-0.1, -0.05) is 52.3 Å². The largest absolute Gasteiger partial charge is 0.506 e. The van der Waals surface area contributed by atoms with E-state index in [2.05, 4.69) is 42.4 Å². The summed E-state index contributed by atoms with van der Waals surface area (Å²) in [6.07, 6.45) is 1.40. The van der Waals surface area contributed by atoms with Gasteiger partial charge >= 0.3 is 0 Å². The second kappa shape index (κ2) is 7.15. The van der Waals surface area contributed by atoms with Crippen molar-refractivity contribution in [3.63, 3.8) is 0 Å². The summed E-state index contributed by atoms with van der Waals surface area (Å²) in [4.78, 5) is 12.4. The van der Waals surface area contributed by atoms with E-state index in [0.717, 1.165) is 15.2 Å². The summed E-state index contributed by atoms with van der Waals surface area (Å²) in [5, 5.41) is 15.8. The molecule has 3 rings (SSSR count). The Bertz CT molecular complexity index is 950. The van der Waals surface area contributed by atoms with Crippen LogP contribution in [-0.2, 0) is 0 Å². The second-order valence-corrected chi connectivity index (χ2v) is 6.82. The molecular weight excluding hydrogens is 436 g/mol. The van der Waals surface area contributed by atoms with E-state index in [9.17, 15) is 9.90 Å². The van der Waals surface area contributed by atoms with E-state index >= 15 is 0 Å². The number of phenols is 1. The van der Waals surface area contributed by atoms with Gasteiger partial charge in [0.1, 0.15) is 5.75 Å². The molecule has 1 amide bonds. The molecule has 0 saturated heterocycles. The number of hydrazone groups is 1. The summed E-state index contributed by atoms with van der Waals surface area (Å²) < 4.78 is 1.33. The maximum Gasteiger partial charge on any atom is 0.271 e. The van der Waals surface area contributed by atoms with Crippen molar-refractivity contribution in [1.29, 1.82) is 0 Å². The summed E-state index contributed by atoms with van der Waals surface area (Å²) in [6.45, 7) is 0. The minimum atomic E-state index is -0.309. The lowest BCUT2D eigenvalue weighted by atomic mass is 10.0. The van der Waals surface area contributed by atoms with Crippen LogP contribution in [0.5, 0.6) is 5.75 Å². The molecule has 3 aromatic carbocycles. The van der Waals surface area contributed by atoms with Gasteiger partial charge in [-0.2, -0.15) is 5.10 Å². The molecular formula is C18H12Br2N2O2. The van der Waals surface area contributed by atoms with E-state index in [-0.39, 0.29) is 11.7 Å². The van der Waals surface area contributed by atoms with Gasteiger partial charge in [0.05, 0.1) is 10.7 Å². The SMILES string of the molecule is O=C(NN=Cc1cc(Br)cc(Br)c1O)c1cccc2ccccc12. The summed E-state index contributed by atoms with van der Waals surface area (Å²) in [5.74, 6) is -0.252. The van der Waals surface area contributed by atoms with Gasteiger partial charge in [0.15, 0.2) is 0 Å². The number of carbonyl (C=O) groups excluding carboxylic acids is 1. The Hall–Kier alpha value is -2.18. The third kappa shape index (κ3) is 3.49. The molecule has 24 heavy (non-hydrogen) atoms. The third-order valence-electron chi connectivity index (χ3n) is 3.46. The fourth-order valence-corrected chi connectivity index (χ4v) is 3.59. The number of hydrogen-bond acceptors (Lipinski definition) is 3. The molecule has 0 aliphatic heterocycles. The van der Waals surface area contributed by atoms with E-state index in [1.54, 1.807) is 18.2 Å². The minimum absolute atomic E-state index is 0.0568. The van der Waals surface area contributed by atoms with Crippen LogP contribution in [0.2, 0.25) is 0 Å². The van der Waals surface area contributed by atoms with Crippen molar-refractivity contribution in [3.05, 3.63) is 74.7 Å². The third-order valence-corrected chi connectivity index (χ3v) is 4.52. The van der Waals surface area contributed by atoms with Crippen LogP contribution in [0.15, 0.2) is 68.6 Å². The van der Waals surface area contributed by atoms with E-state index < -0.39 is 0 Å². The molecule has 0 spiro atoms. The Morgan fingerprint density at radius 3 is 2.67 bits per heavy atom. The monoisotopic (exact) mass is 446 g/mol. The lowest BCUT2D eigenvalue weighted by Crippen LogP contribution is -2.17. The van der Waals surface area contributed by atoms with Crippen molar-refractivity contribution in [1.82, 2.24) is 5.43 Å². The zero-order valence-corrected chi connectivity index (χ0v) is 15.5. The zero-order valence-electron chi connectivity index (χ0n) is 12.3. The Labute approximate surface area is 155 Å². The van der Waals surface area contributed by atoms with Crippen molar-refractivity contribution in [2.75, 3.05) is 0 Å². The van der Waals surface area contributed by atoms with E-state index in [4.69, 9.17) is 0 Å². The van der Waals surface area contributed by atoms with Crippen LogP contribution < -0.4 is 5.43 Å². The Balaban J connectivity index is 1.83. The fourth-order valence-electron chi connectivity index (χ4n) is 2.33. The van der Waals surface area contributed by atoms with Crippen molar-refractivity contribution in [2.45, 2.75) is 0 Å². The molecule has 0 bridgehead atoms. The predicted molar refractivity (Wildman–Crippen MR) is 103 cm³/mol. The lowest BCUT2D eigenvalue weighted by molar-refractivity contribution is 0.0957. The van der Waals surface area contributed by atoms with Crippen LogP contribution in [0.1, 0.15) is 15.9 Å². The number of hydrogen-bond donors (Lipinski definition) is 2. The van der Waals surface area contributed by atoms with Gasteiger partial charge in [-0.25, -0.2) is 5.43 Å². The van der Waals surface area contributed by atoms with Crippen molar-refractivity contribution >= 4 is 54.8 Å². The molecule has 3 aromatic rings. The predicted octanol–water partition coefficient (Wildman–Crippen LogP) is 4.83. The number of nitrogens with zero attached hydrogens (tertiary/aromatic N) is 1. The zero-order chi connectivity index (χ0) is 17.1. The van der Waals surface area contributed by atoms with Crippen LogP contribution >= 0.6 is 31.9 Å². The quantitative estimate of drug-likeness (QED) is 0.446. The van der Waals surface area contributed by atoms with E-state index in [0.29, 0.717) is 15.6 Å². The van der Waals surface area contributed by atoms with Crippen LogP contribution in [0.4, 0.5) is 0 Å². The molecule has 2 N–H and O–H groups in total. The number of fused-ring (bicyclic) bond motifs is 1. The summed E-state index contributed by atoms with van der Waals surface area (Å²) in [6, 6.07) is 16.6. The number of rotatable bonds is 3. The summed E-state index contributed by atoms with van der Waals surface area (Å²) >= 11 is 6.59. The van der Waals surface area contributed by atoms with E-state index in [1.165, 1.54) is 6.21 Å². The van der Waals surface area contributed by atoms with Crippen LogP contribution in [-0.4, -0.2) is 17.2 Å². The molecule has 0 atom stereocenters. The summed E-state index contributed by atoms with van der Waals surface area (Å²) in [5.41, 5.74) is 3.52. The minimum Gasteiger partial charge on any atom is -0.506 e. The van der Waals surface area contributed by atoms with Gasteiger partial charge in [-0.3, -0.25) is 4.79 Å². The molecule has 0 aromatic heterocycles. The van der Waals surface area contributed by atoms with Gasteiger partial charge in [0.2, 0.25) is 0 Å². The Morgan fingerprint density at radius 1 is 1.08 bits per heavy atom. The summed E-state index contributed by atoms with van der Waals surface area (Å²) in [7, 11) is 0. The number of carbonyl (C=O) groups is 1. The number of aromatic hydroxyl groups is 1. The van der Waals surface area contributed by atoms with Crippen LogP contribution in [0, 0.1) is 0 Å². The smallest absolute Gasteiger partial charge is 0.271 e. The fraction of sp³-hybridized carbons (Fsp3) is 0. The number of benzene rings is 3. The van der Waals surface area contributed by atoms with Gasteiger partial charge < -0.3 is 5.11 Å². The highest BCUT2D eigenvalue weighted by atomic mass is 79.9. The molecule has 0 unspecified atom stereocenters. The average molecular weight is 448 g/mol. The maximum atomic E-state index is 12.4. The lowest BCUT2D eigenvalue weighted by Gasteiger charge is -2.05. The highest BCUT2D eigenvalue weighted by Crippen LogP contribution is 2.30. The van der Waals surface area contributed by atoms with Crippen LogP contribution in [0.25, 0.3) is 10.8 Å². The molecule has 0 fully saturated rings. The van der Waals surface area contributed by atoms with Gasteiger partial charge in [-0.15, -0.1) is 0 Å². The normalized spacial score (nSPS) is 11.1. The number of nitrogens with one attached hydrogen (secondary N) is 1. The van der Waals surface area contributed by atoms with Gasteiger partial charge in [0.25, 0.3) is 5.91 Å². The molecule has 120 valence electrons.